The Balaban J connectivity index is 3.07. The van der Waals surface area contributed by atoms with Crippen molar-refractivity contribution in [2.75, 3.05) is 4.93 Å². The van der Waals surface area contributed by atoms with Gasteiger partial charge in [0.15, 0.2) is 0 Å². The second kappa shape index (κ2) is 5.34. The molecule has 0 saturated heterocycles. The molecule has 0 rings (SSSR count). The van der Waals surface area contributed by atoms with Crippen LogP contribution in [0.3, 0.4) is 0 Å². The fraction of sp³-hybridized carbons (Fsp3) is 0.400. The standard InChI is InChI=1S/C5H9I/c1-3-4-5-6-2/h3-5H,1-2H3/b4-3-. The summed E-state index contributed by atoms with van der Waals surface area (Å²) in [7, 11) is 0. The summed E-state index contributed by atoms with van der Waals surface area (Å²) in [5, 5.41) is 0. The first-order valence-electron chi connectivity index (χ1n) is 1.84. The van der Waals surface area contributed by atoms with Gasteiger partial charge >= 0.3 is 0 Å². The minimum Gasteiger partial charge on any atom is -0.126 e. The van der Waals surface area contributed by atoms with Crippen LogP contribution in [0.4, 0.5) is 0 Å². The van der Waals surface area contributed by atoms with Crippen LogP contribution in [0.2, 0.25) is 0 Å². The van der Waals surface area contributed by atoms with E-state index in [1.54, 1.807) is 0 Å². The minimum absolute atomic E-state index is 0.389. The molecule has 0 atom stereocenters. The smallest absolute Gasteiger partial charge is 0.0169 e. The van der Waals surface area contributed by atoms with E-state index in [9.17, 15) is 0 Å². The van der Waals surface area contributed by atoms with Crippen molar-refractivity contribution in [1.29, 1.82) is 0 Å². The Kier molecular flexibility index (Phi) is 5.64. The third-order valence-corrected chi connectivity index (χ3v) is 1.53. The molecular formula is C5H9I. The Bertz CT molecular complexity index is 52.3. The van der Waals surface area contributed by atoms with Crippen LogP contribution in [0.15, 0.2) is 12.2 Å². The van der Waals surface area contributed by atoms with Gasteiger partial charge in [-0.15, -0.1) is 20.7 Å². The predicted octanol–water partition coefficient (Wildman–Crippen LogP) is 1.97. The zero-order valence-electron chi connectivity index (χ0n) is 4.11. The van der Waals surface area contributed by atoms with Crippen LogP contribution >= 0.6 is 20.7 Å². The van der Waals surface area contributed by atoms with Gasteiger partial charge in [-0.25, -0.2) is 0 Å². The molecule has 0 N–H and O–H groups in total. The average molecular weight is 196 g/mol. The van der Waals surface area contributed by atoms with Crippen molar-refractivity contribution < 1.29 is 0 Å². The molecule has 0 spiro atoms. The molecule has 0 aromatic carbocycles. The summed E-state index contributed by atoms with van der Waals surface area (Å²) in [6.45, 7) is 2.04. The van der Waals surface area contributed by atoms with E-state index in [1.807, 2.05) is 6.92 Å². The van der Waals surface area contributed by atoms with Crippen molar-refractivity contribution in [2.24, 2.45) is 0 Å². The number of allylic oxidation sites excluding steroid dienone is 2. The Morgan fingerprint density at radius 2 is 2.17 bits per heavy atom. The molecule has 0 aliphatic rings. The Morgan fingerprint density at radius 1 is 1.50 bits per heavy atom. The normalized spacial score (nSPS) is 13.0. The molecule has 0 aliphatic carbocycles. The highest BCUT2D eigenvalue weighted by molar-refractivity contribution is 14.2. The van der Waals surface area contributed by atoms with Crippen LogP contribution in [0.25, 0.3) is 0 Å². The van der Waals surface area contributed by atoms with E-state index in [1.165, 1.54) is 0 Å². The van der Waals surface area contributed by atoms with Crippen LogP contribution < -0.4 is 0 Å². The van der Waals surface area contributed by atoms with Gasteiger partial charge in [-0.05, 0) is 15.9 Å². The zero-order valence-corrected chi connectivity index (χ0v) is 6.27. The first-order chi connectivity index (χ1) is 2.91. The first-order valence-corrected chi connectivity index (χ1v) is 5.24. The number of hydrogen-bond acceptors (Lipinski definition) is 0. The molecule has 36 valence electrons. The van der Waals surface area contributed by atoms with Crippen molar-refractivity contribution in [3.05, 3.63) is 12.2 Å². The molecule has 0 amide bonds. The molecular weight excluding hydrogens is 187 g/mol. The van der Waals surface area contributed by atoms with E-state index in [0.29, 0.717) is 20.7 Å². The van der Waals surface area contributed by atoms with E-state index >= 15 is 0 Å². The predicted molar refractivity (Wildman–Crippen MR) is 40.8 cm³/mol. The highest BCUT2D eigenvalue weighted by Gasteiger charge is 1.49. The molecule has 1 heteroatoms. The van der Waals surface area contributed by atoms with E-state index in [2.05, 4.69) is 21.1 Å². The van der Waals surface area contributed by atoms with Gasteiger partial charge in [0.1, 0.15) is 0 Å². The fourth-order valence-corrected chi connectivity index (χ4v) is 0.976. The van der Waals surface area contributed by atoms with Crippen molar-refractivity contribution in [3.63, 3.8) is 0 Å². The quantitative estimate of drug-likeness (QED) is 0.444. The van der Waals surface area contributed by atoms with E-state index in [4.69, 9.17) is 0 Å². The zero-order chi connectivity index (χ0) is 4.83. The lowest BCUT2D eigenvalue weighted by atomic mass is 10.6. The maximum Gasteiger partial charge on any atom is -0.0169 e. The number of rotatable bonds is 1. The number of hydrogen-bond donors (Lipinski definition) is 0. The van der Waals surface area contributed by atoms with Gasteiger partial charge < -0.3 is 0 Å². The third kappa shape index (κ3) is 4.34. The van der Waals surface area contributed by atoms with Gasteiger partial charge in [0.25, 0.3) is 0 Å². The van der Waals surface area contributed by atoms with Gasteiger partial charge in [0, 0.05) is 0 Å². The Labute approximate surface area is 49.0 Å². The molecule has 6 heavy (non-hydrogen) atoms. The number of alkyl halides is 1. The Morgan fingerprint density at radius 3 is 2.33 bits per heavy atom. The summed E-state index contributed by atoms with van der Waals surface area (Å²) >= 11 is 0.389. The molecule has 0 fully saturated rings. The van der Waals surface area contributed by atoms with Crippen LogP contribution in [0.5, 0.6) is 0 Å². The maximum atomic E-state index is 2.24. The maximum absolute atomic E-state index is 2.24. The molecule has 0 nitrogen and oxygen atoms in total. The van der Waals surface area contributed by atoms with Gasteiger partial charge in [-0.2, -0.15) is 0 Å². The van der Waals surface area contributed by atoms with Crippen molar-refractivity contribution >= 4 is 24.7 Å². The molecule has 0 unspecified atom stereocenters. The lowest BCUT2D eigenvalue weighted by Gasteiger charge is -1.62. The molecule has 0 aliphatic heterocycles. The summed E-state index contributed by atoms with van der Waals surface area (Å²) in [4.78, 5) is 2.24. The van der Waals surface area contributed by atoms with Crippen LogP contribution in [-0.2, 0) is 0 Å². The SMILES string of the molecule is C/C=C\C=IC. The second-order valence-corrected chi connectivity index (χ2v) is 2.83. The fourth-order valence-electron chi connectivity index (χ4n) is 0.145. The van der Waals surface area contributed by atoms with E-state index in [0.717, 1.165) is 0 Å². The van der Waals surface area contributed by atoms with Gasteiger partial charge in [-0.1, -0.05) is 12.2 Å². The highest BCUT2D eigenvalue weighted by Crippen LogP contribution is 1.80. The highest BCUT2D eigenvalue weighted by atomic mass is 127. The van der Waals surface area contributed by atoms with Gasteiger partial charge in [0.05, 0.1) is 0 Å². The largest absolute Gasteiger partial charge is 0.126 e. The lowest BCUT2D eigenvalue weighted by molar-refractivity contribution is 1.78. The van der Waals surface area contributed by atoms with Crippen LogP contribution in [0, 0.1) is 0 Å². The topological polar surface area (TPSA) is 0 Å². The first kappa shape index (κ1) is 6.34. The van der Waals surface area contributed by atoms with Gasteiger partial charge in [0.2, 0.25) is 0 Å². The second-order valence-electron chi connectivity index (χ2n) is 0.870. The summed E-state index contributed by atoms with van der Waals surface area (Å²) in [5.41, 5.74) is 0. The molecule has 0 radical (unpaired) electrons. The van der Waals surface area contributed by atoms with Crippen molar-refractivity contribution in [2.45, 2.75) is 6.92 Å². The van der Waals surface area contributed by atoms with Crippen molar-refractivity contribution in [3.8, 4) is 0 Å². The van der Waals surface area contributed by atoms with E-state index < -0.39 is 0 Å². The van der Waals surface area contributed by atoms with Crippen molar-refractivity contribution in [1.82, 2.24) is 0 Å². The molecule has 0 saturated carbocycles. The van der Waals surface area contributed by atoms with Crippen LogP contribution in [0.1, 0.15) is 6.92 Å². The Hall–Kier alpha value is 0.340. The molecule has 0 bridgehead atoms. The lowest BCUT2D eigenvalue weighted by Crippen LogP contribution is -1.47. The summed E-state index contributed by atoms with van der Waals surface area (Å²) in [5.74, 6) is 0. The third-order valence-electron chi connectivity index (χ3n) is 0.391. The summed E-state index contributed by atoms with van der Waals surface area (Å²) < 4.78 is 2.24. The number of halogens is 1. The molecule has 0 aromatic rings. The minimum atomic E-state index is 0.389. The summed E-state index contributed by atoms with van der Waals surface area (Å²) in [6.07, 6.45) is 4.16. The molecule has 0 heterocycles. The van der Waals surface area contributed by atoms with Gasteiger partial charge in [-0.3, -0.25) is 0 Å². The van der Waals surface area contributed by atoms with Crippen LogP contribution in [-0.4, -0.2) is 8.94 Å². The summed E-state index contributed by atoms with van der Waals surface area (Å²) in [6, 6.07) is 0. The molecule has 0 aromatic heterocycles. The monoisotopic (exact) mass is 196 g/mol. The average Bonchev–Trinajstić information content (AvgIpc) is 1.61. The van der Waals surface area contributed by atoms with E-state index in [-0.39, 0.29) is 0 Å².